The zero-order valence-electron chi connectivity index (χ0n) is 20.9. The van der Waals surface area contributed by atoms with E-state index < -0.39 is 35.6 Å². The quantitative estimate of drug-likeness (QED) is 0.259. The van der Waals surface area contributed by atoms with Crippen LogP contribution in [0.25, 0.3) is 11.1 Å². The summed E-state index contributed by atoms with van der Waals surface area (Å²) in [7, 11) is 1.48. The van der Waals surface area contributed by atoms with Crippen molar-refractivity contribution in [3.8, 4) is 11.1 Å². The highest BCUT2D eigenvalue weighted by molar-refractivity contribution is 6.00. The molecule has 1 atom stereocenters. The number of likely N-dealkylation sites (N-methyl/N-ethyl adjacent to an activating group) is 1. The first-order chi connectivity index (χ1) is 18.7. The van der Waals surface area contributed by atoms with E-state index in [1.165, 1.54) is 11.9 Å². The first-order valence-corrected chi connectivity index (χ1v) is 12.0. The SMILES string of the molecule is CN(C(=O)c1ccc(-c2ccc(NC(=O)Nc3ccc(F)cc3F)cc2)cc1)[C@@H](Cc1ccccc1)C(=O)O. The lowest BCUT2D eigenvalue weighted by atomic mass is 10.0. The van der Waals surface area contributed by atoms with Crippen molar-refractivity contribution in [3.05, 3.63) is 120 Å². The summed E-state index contributed by atoms with van der Waals surface area (Å²) in [4.78, 5) is 38.3. The fraction of sp³-hybridized carbons (Fsp3) is 0.100. The van der Waals surface area contributed by atoms with Gasteiger partial charge in [-0.1, -0.05) is 54.6 Å². The lowest BCUT2D eigenvalue weighted by Crippen LogP contribution is -2.43. The van der Waals surface area contributed by atoms with Crippen LogP contribution >= 0.6 is 0 Å². The Morgan fingerprint density at radius 1 is 0.821 bits per heavy atom. The molecular weight excluding hydrogens is 504 g/mol. The van der Waals surface area contributed by atoms with Crippen LogP contribution in [0.15, 0.2) is 97.1 Å². The molecule has 9 heteroatoms. The Hall–Kier alpha value is -5.05. The number of aliphatic carboxylic acids is 1. The maximum Gasteiger partial charge on any atom is 0.326 e. The van der Waals surface area contributed by atoms with E-state index in [2.05, 4.69) is 10.6 Å². The summed E-state index contributed by atoms with van der Waals surface area (Å²) in [5, 5.41) is 14.6. The first-order valence-electron chi connectivity index (χ1n) is 12.0. The summed E-state index contributed by atoms with van der Waals surface area (Å²) in [6.07, 6.45) is 0.188. The summed E-state index contributed by atoms with van der Waals surface area (Å²) < 4.78 is 26.8. The van der Waals surface area contributed by atoms with E-state index in [0.29, 0.717) is 17.3 Å². The predicted molar refractivity (Wildman–Crippen MR) is 145 cm³/mol. The molecule has 0 bridgehead atoms. The van der Waals surface area contributed by atoms with Gasteiger partial charge in [-0.3, -0.25) is 4.79 Å². The van der Waals surface area contributed by atoms with Crippen LogP contribution in [0.1, 0.15) is 15.9 Å². The first kappa shape index (κ1) is 27.0. The minimum Gasteiger partial charge on any atom is -0.480 e. The van der Waals surface area contributed by atoms with Crippen LogP contribution in [-0.2, 0) is 11.2 Å². The van der Waals surface area contributed by atoms with E-state index in [4.69, 9.17) is 0 Å². The third kappa shape index (κ3) is 6.84. The smallest absolute Gasteiger partial charge is 0.326 e. The Morgan fingerprint density at radius 2 is 1.44 bits per heavy atom. The third-order valence-corrected chi connectivity index (χ3v) is 6.13. The van der Waals surface area contributed by atoms with Crippen molar-refractivity contribution in [2.75, 3.05) is 17.7 Å². The number of nitrogens with one attached hydrogen (secondary N) is 2. The molecule has 0 aromatic heterocycles. The Bertz CT molecular complexity index is 1480. The minimum absolute atomic E-state index is 0.152. The van der Waals surface area contributed by atoms with Crippen molar-refractivity contribution in [1.82, 2.24) is 4.90 Å². The van der Waals surface area contributed by atoms with Crippen molar-refractivity contribution in [1.29, 1.82) is 0 Å². The number of hydrogen-bond donors (Lipinski definition) is 3. The number of benzene rings is 4. The second-order valence-corrected chi connectivity index (χ2v) is 8.82. The maximum atomic E-state index is 13.7. The number of urea groups is 1. The van der Waals surface area contributed by atoms with Gasteiger partial charge in [0.05, 0.1) is 5.69 Å². The van der Waals surface area contributed by atoms with Gasteiger partial charge in [-0.05, 0) is 53.1 Å². The summed E-state index contributed by atoms with van der Waals surface area (Å²) >= 11 is 0. The Kier molecular flexibility index (Phi) is 8.30. The van der Waals surface area contributed by atoms with Crippen molar-refractivity contribution >= 4 is 29.3 Å². The number of hydrogen-bond acceptors (Lipinski definition) is 3. The van der Waals surface area contributed by atoms with Crippen LogP contribution < -0.4 is 10.6 Å². The van der Waals surface area contributed by atoms with E-state index in [9.17, 15) is 28.3 Å². The molecule has 198 valence electrons. The van der Waals surface area contributed by atoms with Gasteiger partial charge in [-0.25, -0.2) is 18.4 Å². The van der Waals surface area contributed by atoms with Gasteiger partial charge in [0.15, 0.2) is 0 Å². The fourth-order valence-corrected chi connectivity index (χ4v) is 4.00. The largest absolute Gasteiger partial charge is 0.480 e. The molecule has 0 unspecified atom stereocenters. The van der Waals surface area contributed by atoms with Crippen LogP contribution in [-0.4, -0.2) is 41.0 Å². The molecule has 0 spiro atoms. The molecule has 0 saturated heterocycles. The summed E-state index contributed by atoms with van der Waals surface area (Å²) in [6.45, 7) is 0. The van der Waals surface area contributed by atoms with Gasteiger partial charge in [0.25, 0.3) is 5.91 Å². The van der Waals surface area contributed by atoms with E-state index >= 15 is 0 Å². The highest BCUT2D eigenvalue weighted by atomic mass is 19.1. The molecule has 0 aliphatic carbocycles. The maximum absolute atomic E-state index is 13.7. The Labute approximate surface area is 223 Å². The van der Waals surface area contributed by atoms with Crippen molar-refractivity contribution < 1.29 is 28.3 Å². The molecule has 3 amide bonds. The molecule has 0 fully saturated rings. The number of carbonyl (C=O) groups excluding carboxylic acids is 2. The van der Waals surface area contributed by atoms with Gasteiger partial charge in [0.1, 0.15) is 17.7 Å². The molecule has 3 N–H and O–H groups in total. The number of nitrogens with zero attached hydrogens (tertiary/aromatic N) is 1. The molecule has 7 nitrogen and oxygen atoms in total. The highest BCUT2D eigenvalue weighted by Crippen LogP contribution is 2.23. The zero-order chi connectivity index (χ0) is 27.9. The molecule has 0 aliphatic rings. The predicted octanol–water partition coefficient (Wildman–Crippen LogP) is 6.04. The molecule has 4 aromatic carbocycles. The Balaban J connectivity index is 1.39. The van der Waals surface area contributed by atoms with Gasteiger partial charge < -0.3 is 20.6 Å². The second-order valence-electron chi connectivity index (χ2n) is 8.82. The molecule has 0 saturated carbocycles. The molecular formula is C30H25F2N3O4. The van der Waals surface area contributed by atoms with Gasteiger partial charge in [-0.2, -0.15) is 0 Å². The summed E-state index contributed by atoms with van der Waals surface area (Å²) in [6, 6.07) is 23.9. The van der Waals surface area contributed by atoms with Crippen LogP contribution in [0.4, 0.5) is 25.0 Å². The number of anilines is 2. The topological polar surface area (TPSA) is 98.7 Å². The highest BCUT2D eigenvalue weighted by Gasteiger charge is 2.27. The standard InChI is InChI=1S/C30H25F2N3O4/c1-35(27(29(37)38)17-19-5-3-2-4-6-19)28(36)22-9-7-20(8-10-22)21-11-14-24(15-12-21)33-30(39)34-26-16-13-23(31)18-25(26)32/h2-16,18,27H,17H2,1H3,(H,37,38)(H2,33,34,39)/t27-/m0/s1. The van der Waals surface area contributed by atoms with Crippen LogP contribution in [0.5, 0.6) is 0 Å². The zero-order valence-corrected chi connectivity index (χ0v) is 20.9. The van der Waals surface area contributed by atoms with Gasteiger partial charge in [0, 0.05) is 30.8 Å². The van der Waals surface area contributed by atoms with E-state index in [0.717, 1.165) is 28.8 Å². The van der Waals surface area contributed by atoms with Gasteiger partial charge in [0.2, 0.25) is 0 Å². The summed E-state index contributed by atoms with van der Waals surface area (Å²) in [5.74, 6) is -3.13. The van der Waals surface area contributed by atoms with Gasteiger partial charge in [-0.15, -0.1) is 0 Å². The van der Waals surface area contributed by atoms with E-state index in [-0.39, 0.29) is 12.1 Å². The normalized spacial score (nSPS) is 11.4. The van der Waals surface area contributed by atoms with E-state index in [1.807, 2.05) is 30.3 Å². The molecule has 0 heterocycles. The number of carbonyl (C=O) groups is 3. The fourth-order valence-electron chi connectivity index (χ4n) is 4.00. The number of carboxylic acids is 1. The number of rotatable bonds is 8. The monoisotopic (exact) mass is 529 g/mol. The molecule has 4 rings (SSSR count). The van der Waals surface area contributed by atoms with Crippen molar-refractivity contribution in [2.45, 2.75) is 12.5 Å². The minimum atomic E-state index is -1.09. The van der Waals surface area contributed by atoms with Crippen LogP contribution in [0.3, 0.4) is 0 Å². The van der Waals surface area contributed by atoms with E-state index in [1.54, 1.807) is 48.5 Å². The van der Waals surface area contributed by atoms with Crippen LogP contribution in [0.2, 0.25) is 0 Å². The second kappa shape index (κ2) is 12.0. The molecule has 4 aromatic rings. The molecule has 39 heavy (non-hydrogen) atoms. The molecule has 0 aliphatic heterocycles. The van der Waals surface area contributed by atoms with Crippen LogP contribution in [0, 0.1) is 11.6 Å². The average molecular weight is 530 g/mol. The number of amides is 3. The molecule has 0 radical (unpaired) electrons. The average Bonchev–Trinajstić information content (AvgIpc) is 2.93. The van der Waals surface area contributed by atoms with Crippen molar-refractivity contribution in [3.63, 3.8) is 0 Å². The lowest BCUT2D eigenvalue weighted by Gasteiger charge is -2.25. The third-order valence-electron chi connectivity index (χ3n) is 6.13. The number of halogens is 2. The summed E-state index contributed by atoms with van der Waals surface area (Å²) in [5.41, 5.74) is 3.08. The Morgan fingerprint density at radius 3 is 2.03 bits per heavy atom. The van der Waals surface area contributed by atoms with Gasteiger partial charge >= 0.3 is 12.0 Å². The lowest BCUT2D eigenvalue weighted by molar-refractivity contribution is -0.141. The van der Waals surface area contributed by atoms with Crippen molar-refractivity contribution in [2.24, 2.45) is 0 Å². The number of carboxylic acid groups (broad SMARTS) is 1.